The summed E-state index contributed by atoms with van der Waals surface area (Å²) in [5.74, 6) is -0.559. The molecule has 0 radical (unpaired) electrons. The number of carboxylic acids is 1. The van der Waals surface area contributed by atoms with Gasteiger partial charge in [-0.05, 0) is 31.2 Å². The lowest BCUT2D eigenvalue weighted by atomic mass is 10.2. The average molecular weight is 291 g/mol. The number of carbonyl (C=O) groups is 1. The Morgan fingerprint density at radius 1 is 1.30 bits per heavy atom. The van der Waals surface area contributed by atoms with Gasteiger partial charge in [0.05, 0.1) is 0 Å². The minimum Gasteiger partial charge on any atom is -0.491 e. The molecule has 0 aliphatic heterocycles. The van der Waals surface area contributed by atoms with Gasteiger partial charge >= 0.3 is 5.97 Å². The van der Waals surface area contributed by atoms with Crippen LogP contribution < -0.4 is 10.1 Å². The molecule has 106 valence electrons. The van der Waals surface area contributed by atoms with E-state index in [0.717, 1.165) is 6.54 Å². The van der Waals surface area contributed by atoms with Gasteiger partial charge in [0, 0.05) is 22.8 Å². The van der Waals surface area contributed by atoms with Gasteiger partial charge in [-0.3, -0.25) is 0 Å². The molecule has 0 fully saturated rings. The highest BCUT2D eigenvalue weighted by atomic mass is 32.1. The standard InChI is InChI=1S/C15H17NO3S/c1-11-6-7-12(20-11)10-16-8-9-19-14-5-3-2-4-13(14)15(17)18/h2-7,16H,8-10H2,1H3,(H,17,18). The molecule has 0 saturated carbocycles. The Bertz CT molecular complexity index is 580. The van der Waals surface area contributed by atoms with Crippen LogP contribution in [0.5, 0.6) is 5.75 Å². The van der Waals surface area contributed by atoms with Crippen molar-refractivity contribution in [2.24, 2.45) is 0 Å². The van der Waals surface area contributed by atoms with E-state index in [0.29, 0.717) is 18.9 Å². The second-order valence-electron chi connectivity index (χ2n) is 4.34. The molecule has 20 heavy (non-hydrogen) atoms. The lowest BCUT2D eigenvalue weighted by molar-refractivity contribution is 0.0692. The van der Waals surface area contributed by atoms with Gasteiger partial charge in [-0.25, -0.2) is 4.79 Å². The quantitative estimate of drug-likeness (QED) is 0.770. The van der Waals surface area contributed by atoms with Crippen LogP contribution in [0, 0.1) is 6.92 Å². The Balaban J connectivity index is 1.75. The highest BCUT2D eigenvalue weighted by Crippen LogP contribution is 2.17. The number of para-hydroxylation sites is 1. The summed E-state index contributed by atoms with van der Waals surface area (Å²) >= 11 is 1.77. The van der Waals surface area contributed by atoms with Crippen LogP contribution >= 0.6 is 11.3 Å². The van der Waals surface area contributed by atoms with E-state index < -0.39 is 5.97 Å². The predicted molar refractivity (Wildman–Crippen MR) is 79.7 cm³/mol. The molecule has 2 aromatic rings. The number of rotatable bonds is 7. The average Bonchev–Trinajstić information content (AvgIpc) is 2.84. The Kier molecular flexibility index (Phi) is 5.15. The first-order chi connectivity index (χ1) is 9.66. The molecule has 0 bridgehead atoms. The third-order valence-electron chi connectivity index (χ3n) is 2.75. The van der Waals surface area contributed by atoms with Crippen LogP contribution in [0.4, 0.5) is 0 Å². The summed E-state index contributed by atoms with van der Waals surface area (Å²) in [6, 6.07) is 10.9. The molecule has 5 heteroatoms. The highest BCUT2D eigenvalue weighted by Gasteiger charge is 2.09. The molecule has 0 spiro atoms. The minimum atomic E-state index is -0.970. The fourth-order valence-electron chi connectivity index (χ4n) is 1.79. The number of hydrogen-bond acceptors (Lipinski definition) is 4. The molecular weight excluding hydrogens is 274 g/mol. The Hall–Kier alpha value is -1.85. The number of carboxylic acid groups (broad SMARTS) is 1. The van der Waals surface area contributed by atoms with Crippen molar-refractivity contribution >= 4 is 17.3 Å². The lowest BCUT2D eigenvalue weighted by Crippen LogP contribution is -2.20. The molecule has 4 nitrogen and oxygen atoms in total. The molecule has 2 rings (SSSR count). The zero-order valence-electron chi connectivity index (χ0n) is 11.3. The van der Waals surface area contributed by atoms with Gasteiger partial charge < -0.3 is 15.2 Å². The molecule has 2 N–H and O–H groups in total. The van der Waals surface area contributed by atoms with Crippen LogP contribution in [0.1, 0.15) is 20.1 Å². The summed E-state index contributed by atoms with van der Waals surface area (Å²) in [6.07, 6.45) is 0. The fourth-order valence-corrected chi connectivity index (χ4v) is 2.65. The fraction of sp³-hybridized carbons (Fsp3) is 0.267. The maximum Gasteiger partial charge on any atom is 0.339 e. The number of thiophene rings is 1. The molecule has 1 heterocycles. The van der Waals surface area contributed by atoms with Crippen molar-refractivity contribution in [1.29, 1.82) is 0 Å². The van der Waals surface area contributed by atoms with Gasteiger partial charge in [0.2, 0.25) is 0 Å². The third kappa shape index (κ3) is 4.08. The van der Waals surface area contributed by atoms with Crippen LogP contribution in [0.2, 0.25) is 0 Å². The monoisotopic (exact) mass is 291 g/mol. The molecule has 1 aromatic carbocycles. The number of aromatic carboxylic acids is 1. The maximum atomic E-state index is 11.0. The first kappa shape index (κ1) is 14.6. The Morgan fingerprint density at radius 3 is 2.80 bits per heavy atom. The van der Waals surface area contributed by atoms with Gasteiger partial charge in [-0.2, -0.15) is 0 Å². The molecule has 1 aromatic heterocycles. The minimum absolute atomic E-state index is 0.196. The van der Waals surface area contributed by atoms with Crippen LogP contribution in [0.25, 0.3) is 0 Å². The van der Waals surface area contributed by atoms with Crippen LogP contribution in [-0.4, -0.2) is 24.2 Å². The van der Waals surface area contributed by atoms with Crippen molar-refractivity contribution in [2.75, 3.05) is 13.2 Å². The van der Waals surface area contributed by atoms with Crippen molar-refractivity contribution in [3.63, 3.8) is 0 Å². The van der Waals surface area contributed by atoms with E-state index in [-0.39, 0.29) is 5.56 Å². The Morgan fingerprint density at radius 2 is 2.10 bits per heavy atom. The zero-order chi connectivity index (χ0) is 14.4. The third-order valence-corrected chi connectivity index (χ3v) is 3.75. The molecule has 0 aliphatic carbocycles. The van der Waals surface area contributed by atoms with E-state index in [2.05, 4.69) is 24.4 Å². The number of nitrogens with one attached hydrogen (secondary N) is 1. The number of aryl methyl sites for hydroxylation is 1. The molecular formula is C15H17NO3S. The van der Waals surface area contributed by atoms with Crippen molar-refractivity contribution in [3.8, 4) is 5.75 Å². The van der Waals surface area contributed by atoms with Crippen LogP contribution in [-0.2, 0) is 6.54 Å². The van der Waals surface area contributed by atoms with Gasteiger partial charge in [0.15, 0.2) is 0 Å². The van der Waals surface area contributed by atoms with Gasteiger partial charge in [0.1, 0.15) is 17.9 Å². The highest BCUT2D eigenvalue weighted by molar-refractivity contribution is 7.11. The van der Waals surface area contributed by atoms with E-state index in [1.807, 2.05) is 0 Å². The summed E-state index contributed by atoms with van der Waals surface area (Å²) in [7, 11) is 0. The molecule has 0 aliphatic rings. The van der Waals surface area contributed by atoms with E-state index >= 15 is 0 Å². The largest absolute Gasteiger partial charge is 0.491 e. The van der Waals surface area contributed by atoms with Gasteiger partial charge in [-0.15, -0.1) is 11.3 Å². The van der Waals surface area contributed by atoms with E-state index in [4.69, 9.17) is 9.84 Å². The first-order valence-electron chi connectivity index (χ1n) is 6.38. The van der Waals surface area contributed by atoms with Crippen LogP contribution in [0.15, 0.2) is 36.4 Å². The summed E-state index contributed by atoms with van der Waals surface area (Å²) in [6.45, 7) is 4.00. The second kappa shape index (κ2) is 7.07. The summed E-state index contributed by atoms with van der Waals surface area (Å²) in [4.78, 5) is 13.6. The predicted octanol–water partition coefficient (Wildman–Crippen LogP) is 2.92. The van der Waals surface area contributed by atoms with Crippen molar-refractivity contribution in [1.82, 2.24) is 5.32 Å². The van der Waals surface area contributed by atoms with Gasteiger partial charge in [-0.1, -0.05) is 12.1 Å². The van der Waals surface area contributed by atoms with Crippen molar-refractivity contribution in [3.05, 3.63) is 51.7 Å². The lowest BCUT2D eigenvalue weighted by Gasteiger charge is -2.09. The molecule has 0 atom stereocenters. The SMILES string of the molecule is Cc1ccc(CNCCOc2ccccc2C(=O)O)s1. The first-order valence-corrected chi connectivity index (χ1v) is 7.19. The van der Waals surface area contributed by atoms with Crippen LogP contribution in [0.3, 0.4) is 0 Å². The topological polar surface area (TPSA) is 58.6 Å². The maximum absolute atomic E-state index is 11.0. The number of ether oxygens (including phenoxy) is 1. The Labute approximate surface area is 122 Å². The molecule has 0 unspecified atom stereocenters. The van der Waals surface area contributed by atoms with E-state index in [1.54, 1.807) is 35.6 Å². The van der Waals surface area contributed by atoms with E-state index in [1.165, 1.54) is 9.75 Å². The summed E-state index contributed by atoms with van der Waals surface area (Å²) in [5.41, 5.74) is 0.196. The summed E-state index contributed by atoms with van der Waals surface area (Å²) in [5, 5.41) is 12.3. The summed E-state index contributed by atoms with van der Waals surface area (Å²) < 4.78 is 5.50. The van der Waals surface area contributed by atoms with E-state index in [9.17, 15) is 4.79 Å². The van der Waals surface area contributed by atoms with Crippen molar-refractivity contribution < 1.29 is 14.6 Å². The normalized spacial score (nSPS) is 10.4. The smallest absolute Gasteiger partial charge is 0.339 e. The number of benzene rings is 1. The second-order valence-corrected chi connectivity index (χ2v) is 5.71. The number of hydrogen-bond donors (Lipinski definition) is 2. The van der Waals surface area contributed by atoms with Gasteiger partial charge in [0.25, 0.3) is 0 Å². The molecule has 0 saturated heterocycles. The van der Waals surface area contributed by atoms with Crippen molar-refractivity contribution in [2.45, 2.75) is 13.5 Å². The molecule has 0 amide bonds. The zero-order valence-corrected chi connectivity index (χ0v) is 12.1.